The second-order valence-corrected chi connectivity index (χ2v) is 9.01. The third-order valence-electron chi connectivity index (χ3n) is 6.44. The van der Waals surface area contributed by atoms with Gasteiger partial charge < -0.3 is 15.7 Å². The quantitative estimate of drug-likeness (QED) is 0.351. The van der Waals surface area contributed by atoms with Crippen LogP contribution in [0.5, 0.6) is 5.75 Å². The number of nitrogens with zero attached hydrogens (tertiary/aromatic N) is 4. The van der Waals surface area contributed by atoms with Crippen molar-refractivity contribution >= 4 is 28.7 Å². The topological polar surface area (TPSA) is 122 Å². The Bertz CT molecular complexity index is 1420. The highest BCUT2D eigenvalue weighted by Crippen LogP contribution is 2.38. The molecule has 1 aliphatic carbocycles. The minimum Gasteiger partial charge on any atom is -0.507 e. The standard InChI is InChI=1S/C27H28N6O3/c1-2-13-28-27(36)33-24(17-7-3-4-8-17)15-22(32-33)19-12-11-18(14-25(19)34)30-26(35)23-16-29-20-9-5-6-10-21(20)31-23/h5-6,9-12,14-17,34H,2-4,7-8,13H2,1H3,(H,28,36)(H,30,35). The highest BCUT2D eigenvalue weighted by molar-refractivity contribution is 6.03. The fourth-order valence-corrected chi connectivity index (χ4v) is 4.60. The molecule has 1 aliphatic rings. The van der Waals surface area contributed by atoms with Crippen LogP contribution in [-0.2, 0) is 0 Å². The Balaban J connectivity index is 1.39. The average molecular weight is 485 g/mol. The molecule has 2 aromatic heterocycles. The first kappa shape index (κ1) is 23.5. The van der Waals surface area contributed by atoms with E-state index in [4.69, 9.17) is 0 Å². The normalized spacial score (nSPS) is 13.7. The molecule has 0 saturated heterocycles. The number of fused-ring (bicyclic) bond motifs is 1. The van der Waals surface area contributed by atoms with Crippen molar-refractivity contribution in [2.24, 2.45) is 0 Å². The van der Waals surface area contributed by atoms with Crippen LogP contribution in [0.4, 0.5) is 10.5 Å². The Morgan fingerprint density at radius 1 is 1.08 bits per heavy atom. The molecule has 36 heavy (non-hydrogen) atoms. The maximum Gasteiger partial charge on any atom is 0.342 e. The molecule has 0 unspecified atom stereocenters. The van der Waals surface area contributed by atoms with Crippen LogP contribution < -0.4 is 10.6 Å². The predicted molar refractivity (Wildman–Crippen MR) is 137 cm³/mol. The molecule has 2 aromatic carbocycles. The van der Waals surface area contributed by atoms with E-state index in [-0.39, 0.29) is 23.4 Å². The summed E-state index contributed by atoms with van der Waals surface area (Å²) in [6.07, 6.45) is 6.54. The van der Waals surface area contributed by atoms with Gasteiger partial charge in [0.2, 0.25) is 0 Å². The molecule has 3 N–H and O–H groups in total. The lowest BCUT2D eigenvalue weighted by Gasteiger charge is -2.11. The van der Waals surface area contributed by atoms with E-state index in [0.29, 0.717) is 34.5 Å². The van der Waals surface area contributed by atoms with Crippen LogP contribution in [0, 0.1) is 0 Å². The van der Waals surface area contributed by atoms with Crippen LogP contribution in [-0.4, -0.2) is 43.3 Å². The molecule has 2 amide bonds. The summed E-state index contributed by atoms with van der Waals surface area (Å²) in [5.74, 6) is -0.211. The third-order valence-corrected chi connectivity index (χ3v) is 6.44. The van der Waals surface area contributed by atoms with Gasteiger partial charge in [-0.05, 0) is 49.6 Å². The van der Waals surface area contributed by atoms with Crippen molar-refractivity contribution in [3.63, 3.8) is 0 Å². The first-order valence-electron chi connectivity index (χ1n) is 12.3. The smallest absolute Gasteiger partial charge is 0.342 e. The Morgan fingerprint density at radius 2 is 1.86 bits per heavy atom. The highest BCUT2D eigenvalue weighted by Gasteiger charge is 2.26. The number of rotatable bonds is 6. The molecule has 4 aromatic rings. The van der Waals surface area contributed by atoms with Crippen molar-refractivity contribution in [3.05, 3.63) is 66.1 Å². The maximum atomic E-state index is 12.8. The van der Waals surface area contributed by atoms with Crippen molar-refractivity contribution in [2.75, 3.05) is 11.9 Å². The molecule has 184 valence electrons. The van der Waals surface area contributed by atoms with Gasteiger partial charge in [-0.25, -0.2) is 9.78 Å². The number of para-hydroxylation sites is 2. The van der Waals surface area contributed by atoms with E-state index in [9.17, 15) is 14.7 Å². The summed E-state index contributed by atoms with van der Waals surface area (Å²) in [6, 6.07) is 13.8. The molecule has 9 heteroatoms. The molecule has 9 nitrogen and oxygen atoms in total. The summed E-state index contributed by atoms with van der Waals surface area (Å²) >= 11 is 0. The Kier molecular flexibility index (Phi) is 6.62. The molecule has 0 radical (unpaired) electrons. The molecule has 0 spiro atoms. The van der Waals surface area contributed by atoms with E-state index >= 15 is 0 Å². The molecular formula is C27H28N6O3. The third kappa shape index (κ3) is 4.77. The van der Waals surface area contributed by atoms with Gasteiger partial charge in [-0.2, -0.15) is 9.78 Å². The summed E-state index contributed by atoms with van der Waals surface area (Å²) in [5.41, 5.74) is 3.78. The van der Waals surface area contributed by atoms with Gasteiger partial charge in [0.05, 0.1) is 28.6 Å². The zero-order valence-electron chi connectivity index (χ0n) is 20.1. The number of nitrogens with one attached hydrogen (secondary N) is 2. The number of benzene rings is 2. The Morgan fingerprint density at radius 3 is 2.61 bits per heavy atom. The lowest BCUT2D eigenvalue weighted by Crippen LogP contribution is -2.31. The number of aromatic hydroxyl groups is 1. The fraction of sp³-hybridized carbons (Fsp3) is 0.296. The summed E-state index contributed by atoms with van der Waals surface area (Å²) in [7, 11) is 0. The fourth-order valence-electron chi connectivity index (χ4n) is 4.60. The zero-order valence-corrected chi connectivity index (χ0v) is 20.1. The number of carbonyl (C=O) groups is 2. The van der Waals surface area contributed by atoms with Gasteiger partial charge in [0.1, 0.15) is 11.4 Å². The number of phenols is 1. The van der Waals surface area contributed by atoms with E-state index in [2.05, 4.69) is 25.7 Å². The number of hydrogen-bond acceptors (Lipinski definition) is 6. The minimum absolute atomic E-state index is 0.0472. The molecule has 1 saturated carbocycles. The largest absolute Gasteiger partial charge is 0.507 e. The van der Waals surface area contributed by atoms with Crippen molar-refractivity contribution in [2.45, 2.75) is 44.9 Å². The van der Waals surface area contributed by atoms with Gasteiger partial charge in [-0.15, -0.1) is 0 Å². The number of anilines is 1. The van der Waals surface area contributed by atoms with Crippen LogP contribution in [0.1, 0.15) is 61.1 Å². The van der Waals surface area contributed by atoms with Gasteiger partial charge in [-0.3, -0.25) is 9.78 Å². The predicted octanol–water partition coefficient (Wildman–Crippen LogP) is 5.08. The Labute approximate surface area is 208 Å². The van der Waals surface area contributed by atoms with Gasteiger partial charge in [0, 0.05) is 29.8 Å². The molecular weight excluding hydrogens is 456 g/mol. The highest BCUT2D eigenvalue weighted by atomic mass is 16.3. The number of carbonyl (C=O) groups excluding carboxylic acids is 2. The van der Waals surface area contributed by atoms with Crippen LogP contribution >= 0.6 is 0 Å². The van der Waals surface area contributed by atoms with E-state index in [0.717, 1.165) is 37.8 Å². The van der Waals surface area contributed by atoms with E-state index in [1.807, 2.05) is 31.2 Å². The van der Waals surface area contributed by atoms with Crippen molar-refractivity contribution in [3.8, 4) is 17.0 Å². The number of amides is 2. The number of hydrogen-bond donors (Lipinski definition) is 3. The monoisotopic (exact) mass is 484 g/mol. The second-order valence-electron chi connectivity index (χ2n) is 9.01. The molecule has 2 heterocycles. The molecule has 5 rings (SSSR count). The molecule has 0 atom stereocenters. The van der Waals surface area contributed by atoms with E-state index in [1.54, 1.807) is 18.2 Å². The van der Waals surface area contributed by atoms with Crippen LogP contribution in [0.2, 0.25) is 0 Å². The summed E-state index contributed by atoms with van der Waals surface area (Å²) in [4.78, 5) is 34.1. The van der Waals surface area contributed by atoms with Crippen molar-refractivity contribution in [1.29, 1.82) is 0 Å². The lowest BCUT2D eigenvalue weighted by atomic mass is 10.0. The Hall–Kier alpha value is -4.27. The van der Waals surface area contributed by atoms with Crippen LogP contribution in [0.15, 0.2) is 54.7 Å². The van der Waals surface area contributed by atoms with Crippen molar-refractivity contribution in [1.82, 2.24) is 25.1 Å². The van der Waals surface area contributed by atoms with E-state index in [1.165, 1.54) is 16.9 Å². The first-order chi connectivity index (χ1) is 17.5. The molecule has 1 fully saturated rings. The molecule has 0 aliphatic heterocycles. The molecule has 0 bridgehead atoms. The van der Waals surface area contributed by atoms with Gasteiger partial charge in [-0.1, -0.05) is 31.9 Å². The number of aromatic nitrogens is 4. The van der Waals surface area contributed by atoms with Gasteiger partial charge in [0.25, 0.3) is 5.91 Å². The van der Waals surface area contributed by atoms with Gasteiger partial charge >= 0.3 is 6.03 Å². The lowest BCUT2D eigenvalue weighted by molar-refractivity contribution is 0.102. The average Bonchev–Trinajstić information content (AvgIpc) is 3.57. The minimum atomic E-state index is -0.430. The summed E-state index contributed by atoms with van der Waals surface area (Å²) < 4.78 is 1.44. The maximum absolute atomic E-state index is 12.8. The van der Waals surface area contributed by atoms with Crippen molar-refractivity contribution < 1.29 is 14.7 Å². The SMILES string of the molecule is CCCNC(=O)n1nc(-c2ccc(NC(=O)c3cnc4ccccc4n3)cc2O)cc1C1CCCC1. The second kappa shape index (κ2) is 10.2. The zero-order chi connectivity index (χ0) is 25.1. The van der Waals surface area contributed by atoms with Crippen LogP contribution in [0.25, 0.3) is 22.3 Å². The first-order valence-corrected chi connectivity index (χ1v) is 12.3. The summed E-state index contributed by atoms with van der Waals surface area (Å²) in [6.45, 7) is 2.57. The van der Waals surface area contributed by atoms with Crippen LogP contribution in [0.3, 0.4) is 0 Å². The van der Waals surface area contributed by atoms with Gasteiger partial charge in [0.15, 0.2) is 0 Å². The summed E-state index contributed by atoms with van der Waals surface area (Å²) in [5, 5.41) is 21.0. The van der Waals surface area contributed by atoms with E-state index < -0.39 is 5.91 Å². The number of phenolic OH excluding ortho intramolecular Hbond substituents is 1.